The summed E-state index contributed by atoms with van der Waals surface area (Å²) in [7, 11) is 1.59. The number of hydrogen-bond donors (Lipinski definition) is 1. The highest BCUT2D eigenvalue weighted by Crippen LogP contribution is 2.32. The van der Waals surface area contributed by atoms with Gasteiger partial charge < -0.3 is 14.6 Å². The van der Waals surface area contributed by atoms with Gasteiger partial charge in [0.25, 0.3) is 0 Å². The first-order valence-corrected chi connectivity index (χ1v) is 6.31. The maximum absolute atomic E-state index is 13.6. The standard InChI is InChI=1S/C16H17FO3/c1-10-8-16(14(11(2)18)9-15(10)17)20-13-6-4-12(19-3)5-7-13/h4-9,11,18H,1-3H3/t11-/m0/s1. The molecule has 0 aromatic heterocycles. The van der Waals surface area contributed by atoms with Crippen LogP contribution in [0.2, 0.25) is 0 Å². The van der Waals surface area contributed by atoms with Gasteiger partial charge in [0.1, 0.15) is 23.1 Å². The monoisotopic (exact) mass is 276 g/mol. The zero-order chi connectivity index (χ0) is 14.7. The Hall–Kier alpha value is -2.07. The quantitative estimate of drug-likeness (QED) is 0.917. The van der Waals surface area contributed by atoms with Crippen LogP contribution in [0.15, 0.2) is 36.4 Å². The summed E-state index contributed by atoms with van der Waals surface area (Å²) in [4.78, 5) is 0. The van der Waals surface area contributed by atoms with Crippen LogP contribution in [0.3, 0.4) is 0 Å². The maximum atomic E-state index is 13.6. The molecular formula is C16H17FO3. The molecule has 3 nitrogen and oxygen atoms in total. The van der Waals surface area contributed by atoms with Gasteiger partial charge >= 0.3 is 0 Å². The van der Waals surface area contributed by atoms with Crippen molar-refractivity contribution < 1.29 is 19.0 Å². The Bertz CT molecular complexity index is 591. The van der Waals surface area contributed by atoms with Gasteiger partial charge in [-0.15, -0.1) is 0 Å². The third kappa shape index (κ3) is 3.08. The molecule has 106 valence electrons. The molecule has 0 spiro atoms. The zero-order valence-corrected chi connectivity index (χ0v) is 11.7. The number of halogens is 1. The van der Waals surface area contributed by atoms with Crippen molar-refractivity contribution in [2.45, 2.75) is 20.0 Å². The molecule has 0 bridgehead atoms. The molecule has 0 saturated heterocycles. The van der Waals surface area contributed by atoms with Crippen LogP contribution in [0.1, 0.15) is 24.2 Å². The number of aliphatic hydroxyl groups excluding tert-OH is 1. The first-order valence-electron chi connectivity index (χ1n) is 6.31. The lowest BCUT2D eigenvalue weighted by molar-refractivity contribution is 0.195. The Kier molecular flexibility index (Phi) is 4.25. The molecule has 2 aromatic carbocycles. The fraction of sp³-hybridized carbons (Fsp3) is 0.250. The average Bonchev–Trinajstić information content (AvgIpc) is 2.43. The minimum absolute atomic E-state index is 0.358. The molecule has 4 heteroatoms. The second-order valence-corrected chi connectivity index (χ2v) is 4.59. The molecule has 2 rings (SSSR count). The van der Waals surface area contributed by atoms with Gasteiger partial charge in [-0.05, 0) is 55.8 Å². The fourth-order valence-electron chi connectivity index (χ4n) is 1.86. The van der Waals surface area contributed by atoms with Gasteiger partial charge in [0.05, 0.1) is 13.2 Å². The highest BCUT2D eigenvalue weighted by Gasteiger charge is 2.13. The molecule has 0 heterocycles. The normalized spacial score (nSPS) is 12.1. The number of methoxy groups -OCH3 is 1. The van der Waals surface area contributed by atoms with Crippen LogP contribution in [-0.2, 0) is 0 Å². The molecule has 0 unspecified atom stereocenters. The summed E-state index contributed by atoms with van der Waals surface area (Å²) in [6.45, 7) is 3.23. The number of benzene rings is 2. The molecule has 0 saturated carbocycles. The number of aliphatic hydroxyl groups is 1. The van der Waals surface area contributed by atoms with Crippen molar-refractivity contribution in [2.75, 3.05) is 7.11 Å². The van der Waals surface area contributed by atoms with Crippen LogP contribution < -0.4 is 9.47 Å². The van der Waals surface area contributed by atoms with Gasteiger partial charge in [0.2, 0.25) is 0 Å². The number of rotatable bonds is 4. The largest absolute Gasteiger partial charge is 0.497 e. The summed E-state index contributed by atoms with van der Waals surface area (Å²) >= 11 is 0. The van der Waals surface area contributed by atoms with Crippen molar-refractivity contribution in [3.05, 3.63) is 53.3 Å². The molecule has 0 aliphatic carbocycles. The van der Waals surface area contributed by atoms with Crippen molar-refractivity contribution >= 4 is 0 Å². The molecule has 0 radical (unpaired) electrons. The summed E-state index contributed by atoms with van der Waals surface area (Å²) in [5.41, 5.74) is 0.891. The zero-order valence-electron chi connectivity index (χ0n) is 11.7. The summed E-state index contributed by atoms with van der Waals surface area (Å²) in [5, 5.41) is 9.71. The third-order valence-corrected chi connectivity index (χ3v) is 3.03. The van der Waals surface area contributed by atoms with Crippen LogP contribution in [0, 0.1) is 12.7 Å². The Morgan fingerprint density at radius 2 is 1.70 bits per heavy atom. The SMILES string of the molecule is COc1ccc(Oc2cc(C)c(F)cc2[C@H](C)O)cc1. The Labute approximate surface area is 117 Å². The molecule has 0 aliphatic rings. The second-order valence-electron chi connectivity index (χ2n) is 4.59. The van der Waals surface area contributed by atoms with Gasteiger partial charge in [0.15, 0.2) is 0 Å². The lowest BCUT2D eigenvalue weighted by Gasteiger charge is -2.15. The molecule has 0 fully saturated rings. The molecule has 20 heavy (non-hydrogen) atoms. The summed E-state index contributed by atoms with van der Waals surface area (Å²) in [6, 6.07) is 9.94. The lowest BCUT2D eigenvalue weighted by Crippen LogP contribution is -1.99. The summed E-state index contributed by atoms with van der Waals surface area (Å²) < 4.78 is 24.4. The first kappa shape index (κ1) is 14.3. The van der Waals surface area contributed by atoms with E-state index >= 15 is 0 Å². The van der Waals surface area contributed by atoms with Crippen molar-refractivity contribution in [3.8, 4) is 17.2 Å². The number of ether oxygens (including phenoxy) is 2. The maximum Gasteiger partial charge on any atom is 0.133 e. The van der Waals surface area contributed by atoms with Crippen LogP contribution in [0.25, 0.3) is 0 Å². The van der Waals surface area contributed by atoms with E-state index in [0.29, 0.717) is 22.6 Å². The first-order chi connectivity index (χ1) is 9.51. The van der Waals surface area contributed by atoms with Gasteiger partial charge in [-0.25, -0.2) is 4.39 Å². The highest BCUT2D eigenvalue weighted by atomic mass is 19.1. The minimum Gasteiger partial charge on any atom is -0.497 e. The summed E-state index contributed by atoms with van der Waals surface area (Å²) in [5.74, 6) is 1.41. The molecule has 2 aromatic rings. The predicted molar refractivity (Wildman–Crippen MR) is 74.8 cm³/mol. The fourth-order valence-corrected chi connectivity index (χ4v) is 1.86. The van der Waals surface area contributed by atoms with E-state index in [1.165, 1.54) is 6.07 Å². The van der Waals surface area contributed by atoms with E-state index in [-0.39, 0.29) is 5.82 Å². The van der Waals surface area contributed by atoms with E-state index in [9.17, 15) is 9.50 Å². The van der Waals surface area contributed by atoms with Crippen LogP contribution in [0.5, 0.6) is 17.2 Å². The van der Waals surface area contributed by atoms with Gasteiger partial charge in [-0.2, -0.15) is 0 Å². The van der Waals surface area contributed by atoms with Crippen LogP contribution >= 0.6 is 0 Å². The van der Waals surface area contributed by atoms with E-state index < -0.39 is 6.10 Å². The number of aryl methyl sites for hydroxylation is 1. The smallest absolute Gasteiger partial charge is 0.133 e. The average molecular weight is 276 g/mol. The molecule has 0 amide bonds. The molecular weight excluding hydrogens is 259 g/mol. The van der Waals surface area contributed by atoms with E-state index in [2.05, 4.69) is 0 Å². The Morgan fingerprint density at radius 3 is 2.25 bits per heavy atom. The molecule has 1 atom stereocenters. The van der Waals surface area contributed by atoms with E-state index in [1.54, 1.807) is 51.3 Å². The van der Waals surface area contributed by atoms with Gasteiger partial charge in [-0.1, -0.05) is 0 Å². The van der Waals surface area contributed by atoms with E-state index in [1.807, 2.05) is 0 Å². The van der Waals surface area contributed by atoms with Crippen molar-refractivity contribution in [3.63, 3.8) is 0 Å². The lowest BCUT2D eigenvalue weighted by atomic mass is 10.1. The molecule has 0 aliphatic heterocycles. The van der Waals surface area contributed by atoms with Crippen molar-refractivity contribution in [1.82, 2.24) is 0 Å². The van der Waals surface area contributed by atoms with E-state index in [4.69, 9.17) is 9.47 Å². The van der Waals surface area contributed by atoms with E-state index in [0.717, 1.165) is 5.75 Å². The predicted octanol–water partition coefficient (Wildman–Crippen LogP) is 3.99. The van der Waals surface area contributed by atoms with Crippen LogP contribution in [-0.4, -0.2) is 12.2 Å². The Balaban J connectivity index is 2.33. The van der Waals surface area contributed by atoms with Crippen LogP contribution in [0.4, 0.5) is 4.39 Å². The Morgan fingerprint density at radius 1 is 1.10 bits per heavy atom. The summed E-state index contributed by atoms with van der Waals surface area (Å²) in [6.07, 6.45) is -0.807. The minimum atomic E-state index is -0.807. The van der Waals surface area contributed by atoms with Crippen molar-refractivity contribution in [1.29, 1.82) is 0 Å². The van der Waals surface area contributed by atoms with Gasteiger partial charge in [-0.3, -0.25) is 0 Å². The molecule has 1 N–H and O–H groups in total. The topological polar surface area (TPSA) is 38.7 Å². The van der Waals surface area contributed by atoms with Crippen molar-refractivity contribution in [2.24, 2.45) is 0 Å². The number of hydrogen-bond acceptors (Lipinski definition) is 3. The second kappa shape index (κ2) is 5.92. The third-order valence-electron chi connectivity index (χ3n) is 3.03. The highest BCUT2D eigenvalue weighted by molar-refractivity contribution is 5.43. The van der Waals surface area contributed by atoms with Gasteiger partial charge in [0, 0.05) is 5.56 Å².